The maximum atomic E-state index is 12.5. The number of amides is 1. The molecular formula is C20H15N3O3S. The lowest BCUT2D eigenvalue weighted by atomic mass is 10.2. The first-order valence-corrected chi connectivity index (χ1v) is 9.46. The van der Waals surface area contributed by atoms with E-state index in [1.807, 2.05) is 6.07 Å². The topological polar surface area (TPSA) is 99.1 Å². The van der Waals surface area contributed by atoms with Gasteiger partial charge >= 0.3 is 0 Å². The van der Waals surface area contributed by atoms with Gasteiger partial charge in [-0.2, -0.15) is 5.26 Å². The summed E-state index contributed by atoms with van der Waals surface area (Å²) in [6, 6.07) is 22.7. The fourth-order valence-corrected chi connectivity index (χ4v) is 3.50. The third kappa shape index (κ3) is 4.51. The van der Waals surface area contributed by atoms with Crippen LogP contribution in [0.15, 0.2) is 83.8 Å². The Morgan fingerprint density at radius 1 is 0.852 bits per heavy atom. The van der Waals surface area contributed by atoms with Crippen molar-refractivity contribution in [2.75, 3.05) is 10.0 Å². The molecule has 0 aromatic heterocycles. The molecule has 0 unspecified atom stereocenters. The molecule has 0 aliphatic heterocycles. The normalized spacial score (nSPS) is 10.6. The van der Waals surface area contributed by atoms with Gasteiger partial charge in [-0.25, -0.2) is 8.42 Å². The van der Waals surface area contributed by atoms with Gasteiger partial charge < -0.3 is 5.32 Å². The summed E-state index contributed by atoms with van der Waals surface area (Å²) in [6.45, 7) is 0. The minimum atomic E-state index is -3.83. The summed E-state index contributed by atoms with van der Waals surface area (Å²) in [5, 5.41) is 11.6. The van der Waals surface area contributed by atoms with E-state index in [0.29, 0.717) is 16.9 Å². The summed E-state index contributed by atoms with van der Waals surface area (Å²) >= 11 is 0. The molecule has 3 aromatic rings. The average Bonchev–Trinajstić information content (AvgIpc) is 2.68. The molecule has 0 aliphatic rings. The summed E-state index contributed by atoms with van der Waals surface area (Å²) in [7, 11) is -3.83. The van der Waals surface area contributed by atoms with Crippen LogP contribution in [-0.4, -0.2) is 14.3 Å². The van der Waals surface area contributed by atoms with Crippen molar-refractivity contribution in [3.63, 3.8) is 0 Å². The first-order valence-electron chi connectivity index (χ1n) is 7.97. The Kier molecular flexibility index (Phi) is 5.20. The van der Waals surface area contributed by atoms with Gasteiger partial charge in [0.2, 0.25) is 0 Å². The standard InChI is InChI=1S/C20H15N3O3S/c21-14-15-6-4-10-18(12-15)22-20(24)16-7-5-11-19(13-16)27(25,26)23-17-8-2-1-3-9-17/h1-13,23H,(H,22,24). The molecule has 0 saturated carbocycles. The van der Waals surface area contributed by atoms with Crippen LogP contribution < -0.4 is 10.0 Å². The molecule has 0 atom stereocenters. The lowest BCUT2D eigenvalue weighted by Gasteiger charge is -2.10. The van der Waals surface area contributed by atoms with Crippen molar-refractivity contribution in [1.29, 1.82) is 5.26 Å². The number of para-hydroxylation sites is 1. The molecule has 0 saturated heterocycles. The fraction of sp³-hybridized carbons (Fsp3) is 0. The van der Waals surface area contributed by atoms with Crippen LogP contribution in [0.1, 0.15) is 15.9 Å². The van der Waals surface area contributed by atoms with E-state index < -0.39 is 15.9 Å². The highest BCUT2D eigenvalue weighted by atomic mass is 32.2. The minimum absolute atomic E-state index is 0.0234. The Morgan fingerprint density at radius 2 is 1.56 bits per heavy atom. The van der Waals surface area contributed by atoms with E-state index in [9.17, 15) is 13.2 Å². The largest absolute Gasteiger partial charge is 0.322 e. The molecule has 6 nitrogen and oxygen atoms in total. The first-order chi connectivity index (χ1) is 13.0. The molecule has 1 amide bonds. The van der Waals surface area contributed by atoms with Crippen LogP contribution in [0.25, 0.3) is 0 Å². The van der Waals surface area contributed by atoms with Crippen LogP contribution in [-0.2, 0) is 10.0 Å². The van der Waals surface area contributed by atoms with E-state index in [2.05, 4.69) is 10.0 Å². The van der Waals surface area contributed by atoms with Gasteiger partial charge in [0.1, 0.15) is 0 Å². The number of nitrogens with zero attached hydrogens (tertiary/aromatic N) is 1. The maximum absolute atomic E-state index is 12.5. The zero-order valence-corrected chi connectivity index (χ0v) is 14.9. The van der Waals surface area contributed by atoms with Gasteiger partial charge in [-0.15, -0.1) is 0 Å². The lowest BCUT2D eigenvalue weighted by Crippen LogP contribution is -2.16. The number of hydrogen-bond acceptors (Lipinski definition) is 4. The van der Waals surface area contributed by atoms with Gasteiger partial charge in [-0.3, -0.25) is 9.52 Å². The summed E-state index contributed by atoms with van der Waals surface area (Å²) in [5.41, 5.74) is 1.49. The quantitative estimate of drug-likeness (QED) is 0.709. The number of anilines is 2. The highest BCUT2D eigenvalue weighted by molar-refractivity contribution is 7.92. The van der Waals surface area contributed by atoms with Gasteiger partial charge in [0.25, 0.3) is 15.9 Å². The molecule has 0 radical (unpaired) electrons. The molecule has 0 aliphatic carbocycles. The Labute approximate surface area is 157 Å². The van der Waals surface area contributed by atoms with Crippen molar-refractivity contribution >= 4 is 27.3 Å². The highest BCUT2D eigenvalue weighted by Gasteiger charge is 2.16. The van der Waals surface area contributed by atoms with E-state index >= 15 is 0 Å². The van der Waals surface area contributed by atoms with Crippen LogP contribution in [0.3, 0.4) is 0 Å². The summed E-state index contributed by atoms with van der Waals surface area (Å²) in [6.07, 6.45) is 0. The summed E-state index contributed by atoms with van der Waals surface area (Å²) in [4.78, 5) is 12.4. The zero-order valence-electron chi connectivity index (χ0n) is 14.1. The van der Waals surface area contributed by atoms with Crippen molar-refractivity contribution < 1.29 is 13.2 Å². The van der Waals surface area contributed by atoms with Crippen molar-refractivity contribution in [2.24, 2.45) is 0 Å². The van der Waals surface area contributed by atoms with Gasteiger partial charge in [0, 0.05) is 16.9 Å². The second-order valence-electron chi connectivity index (χ2n) is 5.65. The number of sulfonamides is 1. The number of rotatable bonds is 5. The monoisotopic (exact) mass is 377 g/mol. The SMILES string of the molecule is N#Cc1cccc(NC(=O)c2cccc(S(=O)(=O)Nc3ccccc3)c2)c1. The molecule has 0 bridgehead atoms. The van der Waals surface area contributed by atoms with E-state index in [4.69, 9.17) is 5.26 Å². The van der Waals surface area contributed by atoms with E-state index in [0.717, 1.165) is 0 Å². The number of hydrogen-bond donors (Lipinski definition) is 2. The molecule has 134 valence electrons. The average molecular weight is 377 g/mol. The predicted octanol–water partition coefficient (Wildman–Crippen LogP) is 3.61. The fourth-order valence-electron chi connectivity index (χ4n) is 2.39. The van der Waals surface area contributed by atoms with Gasteiger partial charge in [0.15, 0.2) is 0 Å². The van der Waals surface area contributed by atoms with Gasteiger partial charge in [-0.05, 0) is 48.5 Å². The van der Waals surface area contributed by atoms with Gasteiger partial charge in [-0.1, -0.05) is 30.3 Å². The van der Waals surface area contributed by atoms with Crippen LogP contribution >= 0.6 is 0 Å². The number of benzene rings is 3. The van der Waals surface area contributed by atoms with Crippen LogP contribution in [0.4, 0.5) is 11.4 Å². The molecule has 7 heteroatoms. The number of carbonyl (C=O) groups is 1. The van der Waals surface area contributed by atoms with Crippen LogP contribution in [0.5, 0.6) is 0 Å². The van der Waals surface area contributed by atoms with E-state index in [-0.39, 0.29) is 10.5 Å². The smallest absolute Gasteiger partial charge is 0.261 e. The number of carbonyl (C=O) groups excluding carboxylic acids is 1. The Morgan fingerprint density at radius 3 is 2.30 bits per heavy atom. The van der Waals surface area contributed by atoms with Crippen molar-refractivity contribution in [1.82, 2.24) is 0 Å². The molecule has 2 N–H and O–H groups in total. The van der Waals surface area contributed by atoms with Crippen molar-refractivity contribution in [3.8, 4) is 6.07 Å². The molecule has 27 heavy (non-hydrogen) atoms. The second-order valence-corrected chi connectivity index (χ2v) is 7.33. The third-order valence-electron chi connectivity index (χ3n) is 3.68. The van der Waals surface area contributed by atoms with E-state index in [1.165, 1.54) is 30.3 Å². The molecule has 3 aromatic carbocycles. The Bertz CT molecular complexity index is 1120. The molecule has 0 spiro atoms. The third-order valence-corrected chi connectivity index (χ3v) is 5.06. The van der Waals surface area contributed by atoms with Crippen molar-refractivity contribution in [2.45, 2.75) is 4.90 Å². The first kappa shape index (κ1) is 18.2. The molecule has 3 rings (SSSR count). The summed E-state index contributed by atoms with van der Waals surface area (Å²) < 4.78 is 27.5. The van der Waals surface area contributed by atoms with E-state index in [1.54, 1.807) is 48.5 Å². The highest BCUT2D eigenvalue weighted by Crippen LogP contribution is 2.18. The number of nitrogens with one attached hydrogen (secondary N) is 2. The Balaban J connectivity index is 1.82. The minimum Gasteiger partial charge on any atom is -0.322 e. The number of nitriles is 1. The lowest BCUT2D eigenvalue weighted by molar-refractivity contribution is 0.102. The zero-order chi connectivity index (χ0) is 19.3. The molecule has 0 heterocycles. The Hall–Kier alpha value is -3.63. The van der Waals surface area contributed by atoms with Crippen LogP contribution in [0, 0.1) is 11.3 Å². The second kappa shape index (κ2) is 7.72. The van der Waals surface area contributed by atoms with Crippen LogP contribution in [0.2, 0.25) is 0 Å². The summed E-state index contributed by atoms with van der Waals surface area (Å²) in [5.74, 6) is -0.471. The maximum Gasteiger partial charge on any atom is 0.261 e. The van der Waals surface area contributed by atoms with Gasteiger partial charge in [0.05, 0.1) is 16.5 Å². The predicted molar refractivity (Wildman–Crippen MR) is 103 cm³/mol. The molecular weight excluding hydrogens is 362 g/mol. The van der Waals surface area contributed by atoms with Crippen molar-refractivity contribution in [3.05, 3.63) is 90.0 Å². The molecule has 0 fully saturated rings.